The number of hydrogen-bond acceptors (Lipinski definition) is 4. The maximum absolute atomic E-state index is 13.0. The van der Waals surface area contributed by atoms with Crippen molar-refractivity contribution in [1.82, 2.24) is 4.98 Å². The first-order valence-electron chi connectivity index (χ1n) is 9.30. The Morgan fingerprint density at radius 3 is 2.38 bits per heavy atom. The molecule has 0 atom stereocenters. The van der Waals surface area contributed by atoms with Crippen LogP contribution in [-0.2, 0) is 10.2 Å². The Kier molecular flexibility index (Phi) is 4.54. The summed E-state index contributed by atoms with van der Waals surface area (Å²) < 4.78 is 5.45. The maximum atomic E-state index is 13.0. The summed E-state index contributed by atoms with van der Waals surface area (Å²) in [5.41, 5.74) is 1.66. The Balaban J connectivity index is 1.55. The number of para-hydroxylation sites is 1. The molecule has 1 aromatic heterocycles. The van der Waals surface area contributed by atoms with E-state index < -0.39 is 11.5 Å². The van der Waals surface area contributed by atoms with Crippen LogP contribution < -0.4 is 14.5 Å². The fraction of sp³-hybridized carbons (Fsp3) is 0.174. The number of ether oxygens (including phenoxy) is 1. The van der Waals surface area contributed by atoms with E-state index in [1.54, 1.807) is 42.4 Å². The van der Waals surface area contributed by atoms with Crippen molar-refractivity contribution < 1.29 is 14.3 Å². The van der Waals surface area contributed by atoms with E-state index in [1.165, 1.54) is 4.90 Å². The number of nitrogens with zero attached hydrogens (tertiary/aromatic N) is 3. The summed E-state index contributed by atoms with van der Waals surface area (Å²) in [6, 6.07) is 19.9. The molecule has 0 fully saturated rings. The molecule has 2 amide bonds. The molecule has 6 heteroatoms. The quantitative estimate of drug-likeness (QED) is 0.655. The second kappa shape index (κ2) is 7.05. The molecule has 1 aliphatic rings. The number of carbonyl (C=O) groups excluding carboxylic acids is 2. The molecule has 3 aromatic rings. The van der Waals surface area contributed by atoms with Crippen molar-refractivity contribution in [2.45, 2.75) is 19.3 Å². The molecule has 0 saturated carbocycles. The highest BCUT2D eigenvalue weighted by molar-refractivity contribution is 6.11. The van der Waals surface area contributed by atoms with Crippen molar-refractivity contribution in [3.05, 3.63) is 78.5 Å². The van der Waals surface area contributed by atoms with Crippen LogP contribution in [0, 0.1) is 0 Å². The zero-order chi connectivity index (χ0) is 20.6. The van der Waals surface area contributed by atoms with Gasteiger partial charge in [-0.2, -0.15) is 0 Å². The number of aromatic nitrogens is 1. The molecule has 29 heavy (non-hydrogen) atoms. The number of amides is 2. The molecule has 4 rings (SSSR count). The molecular weight excluding hydrogens is 366 g/mol. The highest BCUT2D eigenvalue weighted by Gasteiger charge is 2.45. The van der Waals surface area contributed by atoms with Crippen molar-refractivity contribution in [3.8, 4) is 5.75 Å². The van der Waals surface area contributed by atoms with Crippen molar-refractivity contribution in [2.75, 3.05) is 16.8 Å². The monoisotopic (exact) mass is 387 g/mol. The first kappa shape index (κ1) is 18.7. The van der Waals surface area contributed by atoms with Gasteiger partial charge in [0.2, 0.25) is 5.91 Å². The van der Waals surface area contributed by atoms with Crippen LogP contribution in [0.2, 0.25) is 0 Å². The summed E-state index contributed by atoms with van der Waals surface area (Å²) in [5.74, 6) is 0.990. The predicted molar refractivity (Wildman–Crippen MR) is 112 cm³/mol. The zero-order valence-electron chi connectivity index (χ0n) is 16.5. The molecule has 2 heterocycles. The van der Waals surface area contributed by atoms with Gasteiger partial charge in [0, 0.05) is 24.5 Å². The van der Waals surface area contributed by atoms with Crippen molar-refractivity contribution in [3.63, 3.8) is 0 Å². The molecule has 0 bridgehead atoms. The molecule has 0 N–H and O–H groups in total. The Morgan fingerprint density at radius 2 is 1.69 bits per heavy atom. The van der Waals surface area contributed by atoms with Gasteiger partial charge >= 0.3 is 6.09 Å². The summed E-state index contributed by atoms with van der Waals surface area (Å²) in [5, 5.41) is 0. The van der Waals surface area contributed by atoms with Gasteiger partial charge in [-0.3, -0.25) is 14.6 Å². The lowest BCUT2D eigenvalue weighted by Gasteiger charge is -2.20. The molecule has 6 nitrogen and oxygen atoms in total. The summed E-state index contributed by atoms with van der Waals surface area (Å²) in [4.78, 5) is 32.8. The second-order valence-corrected chi connectivity index (χ2v) is 7.40. The number of anilines is 3. The summed E-state index contributed by atoms with van der Waals surface area (Å²) >= 11 is 0. The van der Waals surface area contributed by atoms with Crippen LogP contribution >= 0.6 is 0 Å². The molecular formula is C23H21N3O3. The van der Waals surface area contributed by atoms with Gasteiger partial charge in [0.15, 0.2) is 0 Å². The molecule has 0 aliphatic carbocycles. The third-order valence-corrected chi connectivity index (χ3v) is 5.13. The minimum absolute atomic E-state index is 0.0419. The van der Waals surface area contributed by atoms with Crippen LogP contribution in [-0.4, -0.2) is 24.0 Å². The Morgan fingerprint density at radius 1 is 1.00 bits per heavy atom. The van der Waals surface area contributed by atoms with Gasteiger partial charge in [-0.25, -0.2) is 9.78 Å². The lowest BCUT2D eigenvalue weighted by Crippen LogP contribution is -2.33. The molecule has 2 aromatic carbocycles. The smallest absolute Gasteiger partial charge is 0.410 e. The van der Waals surface area contributed by atoms with Crippen LogP contribution in [0.1, 0.15) is 19.4 Å². The van der Waals surface area contributed by atoms with E-state index in [1.807, 2.05) is 56.3 Å². The van der Waals surface area contributed by atoms with Crippen LogP contribution in [0.25, 0.3) is 0 Å². The topological polar surface area (TPSA) is 62.7 Å². The van der Waals surface area contributed by atoms with Gasteiger partial charge in [-0.05, 0) is 56.3 Å². The van der Waals surface area contributed by atoms with Crippen LogP contribution in [0.5, 0.6) is 5.75 Å². The first-order valence-corrected chi connectivity index (χ1v) is 9.30. The maximum Gasteiger partial charge on any atom is 0.419 e. The molecule has 1 aliphatic heterocycles. The highest BCUT2D eigenvalue weighted by atomic mass is 16.6. The third-order valence-electron chi connectivity index (χ3n) is 5.13. The molecule has 0 radical (unpaired) electrons. The zero-order valence-corrected chi connectivity index (χ0v) is 16.5. The molecule has 0 unspecified atom stereocenters. The van der Waals surface area contributed by atoms with Gasteiger partial charge in [-0.1, -0.05) is 24.3 Å². The fourth-order valence-corrected chi connectivity index (χ4v) is 3.38. The number of benzene rings is 2. The number of pyridine rings is 1. The van der Waals surface area contributed by atoms with Crippen LogP contribution in [0.4, 0.5) is 22.0 Å². The lowest BCUT2D eigenvalue weighted by atomic mass is 9.87. The minimum Gasteiger partial charge on any atom is -0.410 e. The number of carbonyl (C=O) groups is 2. The van der Waals surface area contributed by atoms with Gasteiger partial charge in [0.1, 0.15) is 11.6 Å². The Bertz CT molecular complexity index is 1060. The largest absolute Gasteiger partial charge is 0.419 e. The predicted octanol–water partition coefficient (Wildman–Crippen LogP) is 4.67. The Hall–Kier alpha value is -3.67. The SMILES string of the molecule is CN(C(=O)Oc1ccc(N2C(=O)C(C)(C)c3cccnc32)cc1)c1ccccc1. The second-order valence-electron chi connectivity index (χ2n) is 7.40. The van der Waals surface area contributed by atoms with E-state index in [-0.39, 0.29) is 5.91 Å². The van der Waals surface area contributed by atoms with E-state index in [2.05, 4.69) is 4.98 Å². The van der Waals surface area contributed by atoms with Crippen molar-refractivity contribution in [1.29, 1.82) is 0 Å². The van der Waals surface area contributed by atoms with Gasteiger partial charge in [0.25, 0.3) is 0 Å². The standard InChI is InChI=1S/C23H21N3O3/c1-23(2)19-10-7-15-24-20(19)26(21(23)27)17-11-13-18(14-12-17)29-22(28)25(3)16-8-5-4-6-9-16/h4-15H,1-3H3. The van der Waals surface area contributed by atoms with Crippen LogP contribution in [0.15, 0.2) is 72.9 Å². The average Bonchev–Trinajstić information content (AvgIpc) is 2.95. The molecule has 0 spiro atoms. The average molecular weight is 387 g/mol. The summed E-state index contributed by atoms with van der Waals surface area (Å²) in [6.07, 6.45) is 1.19. The summed E-state index contributed by atoms with van der Waals surface area (Å²) in [6.45, 7) is 3.79. The van der Waals surface area contributed by atoms with E-state index in [4.69, 9.17) is 4.74 Å². The van der Waals surface area contributed by atoms with Gasteiger partial charge in [-0.15, -0.1) is 0 Å². The minimum atomic E-state index is -0.646. The molecule has 146 valence electrons. The first-order chi connectivity index (χ1) is 13.9. The van der Waals surface area contributed by atoms with Gasteiger partial charge in [0.05, 0.1) is 11.1 Å². The normalized spacial score (nSPS) is 14.4. The van der Waals surface area contributed by atoms with E-state index in [0.717, 1.165) is 11.3 Å². The van der Waals surface area contributed by atoms with Crippen molar-refractivity contribution >= 4 is 29.2 Å². The van der Waals surface area contributed by atoms with Crippen molar-refractivity contribution in [2.24, 2.45) is 0 Å². The number of rotatable bonds is 3. The number of fused-ring (bicyclic) bond motifs is 1. The summed E-state index contributed by atoms with van der Waals surface area (Å²) in [7, 11) is 1.65. The van der Waals surface area contributed by atoms with Crippen LogP contribution in [0.3, 0.4) is 0 Å². The van der Waals surface area contributed by atoms with E-state index in [0.29, 0.717) is 17.3 Å². The van der Waals surface area contributed by atoms with Gasteiger partial charge < -0.3 is 4.74 Å². The Labute approximate surface area is 169 Å². The molecule has 0 saturated heterocycles. The van der Waals surface area contributed by atoms with E-state index in [9.17, 15) is 9.59 Å². The highest BCUT2D eigenvalue weighted by Crippen LogP contribution is 2.43. The fourth-order valence-electron chi connectivity index (χ4n) is 3.38. The van der Waals surface area contributed by atoms with E-state index >= 15 is 0 Å². The number of hydrogen-bond donors (Lipinski definition) is 0. The third kappa shape index (κ3) is 3.23. The lowest BCUT2D eigenvalue weighted by molar-refractivity contribution is -0.121.